The van der Waals surface area contributed by atoms with Crippen LogP contribution in [-0.4, -0.2) is 4.98 Å². The van der Waals surface area contributed by atoms with Gasteiger partial charge in [-0.05, 0) is 31.8 Å². The molecule has 74 valence electrons. The lowest BCUT2D eigenvalue weighted by atomic mass is 9.99. The first-order chi connectivity index (χ1) is 6.84. The van der Waals surface area contributed by atoms with Gasteiger partial charge in [0.15, 0.2) is 5.13 Å². The summed E-state index contributed by atoms with van der Waals surface area (Å²) in [5.74, 6) is 0. The van der Waals surface area contributed by atoms with Crippen LogP contribution >= 0.6 is 11.3 Å². The van der Waals surface area contributed by atoms with Crippen LogP contribution in [0, 0.1) is 0 Å². The van der Waals surface area contributed by atoms with E-state index in [4.69, 9.17) is 5.73 Å². The van der Waals surface area contributed by atoms with Crippen molar-refractivity contribution >= 4 is 22.5 Å². The highest BCUT2D eigenvalue weighted by Gasteiger charge is 2.00. The Kier molecular flexibility index (Phi) is 2.99. The number of thiazole rings is 1. The molecule has 0 saturated heterocycles. The van der Waals surface area contributed by atoms with E-state index in [1.807, 2.05) is 11.5 Å². The minimum atomic E-state index is 0.641. The van der Waals surface area contributed by atoms with E-state index in [0.717, 1.165) is 5.69 Å². The first-order valence-electron chi connectivity index (χ1n) is 4.93. The molecular formula is C11H14N2S. The number of hydrogen-bond donors (Lipinski definition) is 1. The van der Waals surface area contributed by atoms with Gasteiger partial charge in [0, 0.05) is 5.38 Å². The topological polar surface area (TPSA) is 38.9 Å². The van der Waals surface area contributed by atoms with E-state index in [0.29, 0.717) is 5.13 Å². The summed E-state index contributed by atoms with van der Waals surface area (Å²) < 4.78 is 0. The van der Waals surface area contributed by atoms with Crippen molar-refractivity contribution in [2.24, 2.45) is 0 Å². The molecule has 0 fully saturated rings. The highest BCUT2D eigenvalue weighted by atomic mass is 32.1. The SMILES string of the molecule is Nc1nc(C=CC2=CCCCC2)cs1. The zero-order valence-electron chi connectivity index (χ0n) is 8.07. The van der Waals surface area contributed by atoms with E-state index in [9.17, 15) is 0 Å². The van der Waals surface area contributed by atoms with Crippen LogP contribution in [0.1, 0.15) is 31.4 Å². The summed E-state index contributed by atoms with van der Waals surface area (Å²) in [6.07, 6.45) is 11.6. The zero-order valence-corrected chi connectivity index (χ0v) is 8.89. The van der Waals surface area contributed by atoms with Crippen molar-refractivity contribution in [1.29, 1.82) is 0 Å². The maximum absolute atomic E-state index is 5.55. The van der Waals surface area contributed by atoms with Crippen molar-refractivity contribution in [2.45, 2.75) is 25.7 Å². The molecule has 2 N–H and O–H groups in total. The van der Waals surface area contributed by atoms with Crippen LogP contribution in [0.25, 0.3) is 6.08 Å². The van der Waals surface area contributed by atoms with E-state index in [1.165, 1.54) is 42.6 Å². The number of nitrogens with zero attached hydrogens (tertiary/aromatic N) is 1. The fourth-order valence-corrected chi connectivity index (χ4v) is 2.11. The van der Waals surface area contributed by atoms with Gasteiger partial charge in [0.25, 0.3) is 0 Å². The van der Waals surface area contributed by atoms with Crippen LogP contribution in [-0.2, 0) is 0 Å². The molecule has 3 heteroatoms. The molecule has 0 aliphatic heterocycles. The molecule has 1 aliphatic carbocycles. The lowest BCUT2D eigenvalue weighted by Crippen LogP contribution is -1.88. The van der Waals surface area contributed by atoms with Gasteiger partial charge in [-0.25, -0.2) is 4.98 Å². The molecule has 0 bridgehead atoms. The average molecular weight is 206 g/mol. The van der Waals surface area contributed by atoms with E-state index < -0.39 is 0 Å². The third kappa shape index (κ3) is 2.45. The molecule has 0 saturated carbocycles. The number of aromatic nitrogens is 1. The van der Waals surface area contributed by atoms with Crippen molar-refractivity contribution in [3.05, 3.63) is 28.8 Å². The third-order valence-electron chi connectivity index (χ3n) is 2.33. The van der Waals surface area contributed by atoms with Crippen LogP contribution in [0.5, 0.6) is 0 Å². The molecule has 0 unspecified atom stereocenters. The zero-order chi connectivity index (χ0) is 9.80. The summed E-state index contributed by atoms with van der Waals surface area (Å²) >= 11 is 1.49. The van der Waals surface area contributed by atoms with Gasteiger partial charge in [0.1, 0.15) is 0 Å². The molecule has 2 rings (SSSR count). The van der Waals surface area contributed by atoms with Gasteiger partial charge < -0.3 is 5.73 Å². The summed E-state index contributed by atoms with van der Waals surface area (Å²) in [5.41, 5.74) is 7.95. The number of rotatable bonds is 2. The summed E-state index contributed by atoms with van der Waals surface area (Å²) in [6.45, 7) is 0. The number of nitrogen functional groups attached to an aromatic ring is 1. The Morgan fingerprint density at radius 1 is 1.36 bits per heavy atom. The quantitative estimate of drug-likeness (QED) is 0.806. The maximum Gasteiger partial charge on any atom is 0.180 e. The predicted octanol–water partition coefficient (Wildman–Crippen LogP) is 3.24. The van der Waals surface area contributed by atoms with Gasteiger partial charge >= 0.3 is 0 Å². The Balaban J connectivity index is 2.02. The second-order valence-corrected chi connectivity index (χ2v) is 4.36. The Morgan fingerprint density at radius 3 is 2.93 bits per heavy atom. The van der Waals surface area contributed by atoms with Crippen molar-refractivity contribution < 1.29 is 0 Å². The highest BCUT2D eigenvalue weighted by Crippen LogP contribution is 2.20. The van der Waals surface area contributed by atoms with Crippen molar-refractivity contribution in [3.8, 4) is 0 Å². The number of hydrogen-bond acceptors (Lipinski definition) is 3. The largest absolute Gasteiger partial charge is 0.375 e. The van der Waals surface area contributed by atoms with Gasteiger partial charge in [-0.3, -0.25) is 0 Å². The molecule has 0 aromatic carbocycles. The lowest BCUT2D eigenvalue weighted by Gasteiger charge is -2.07. The molecule has 0 amide bonds. The Labute approximate surface area is 88.2 Å². The van der Waals surface area contributed by atoms with Gasteiger partial charge in [-0.1, -0.05) is 17.7 Å². The maximum atomic E-state index is 5.55. The number of allylic oxidation sites excluding steroid dienone is 3. The average Bonchev–Trinajstić information content (AvgIpc) is 2.63. The molecule has 1 aromatic heterocycles. The van der Waals surface area contributed by atoms with Crippen molar-refractivity contribution in [2.75, 3.05) is 5.73 Å². The van der Waals surface area contributed by atoms with Gasteiger partial charge in [-0.15, -0.1) is 11.3 Å². The molecule has 1 aliphatic rings. The molecule has 2 nitrogen and oxygen atoms in total. The van der Waals surface area contributed by atoms with E-state index in [-0.39, 0.29) is 0 Å². The van der Waals surface area contributed by atoms with E-state index in [2.05, 4.69) is 17.1 Å². The fraction of sp³-hybridized carbons (Fsp3) is 0.364. The molecule has 1 aromatic rings. The predicted molar refractivity (Wildman–Crippen MR) is 62.1 cm³/mol. The third-order valence-corrected chi connectivity index (χ3v) is 3.03. The second-order valence-electron chi connectivity index (χ2n) is 3.47. The lowest BCUT2D eigenvalue weighted by molar-refractivity contribution is 0.712. The minimum absolute atomic E-state index is 0.641. The summed E-state index contributed by atoms with van der Waals surface area (Å²) in [5, 5.41) is 2.62. The molecule has 0 radical (unpaired) electrons. The Bertz CT molecular complexity index is 363. The van der Waals surface area contributed by atoms with Gasteiger partial charge in [0.05, 0.1) is 5.69 Å². The van der Waals surface area contributed by atoms with Crippen LogP contribution in [0.3, 0.4) is 0 Å². The molecule has 1 heterocycles. The molecule has 0 atom stereocenters. The number of nitrogens with two attached hydrogens (primary N) is 1. The van der Waals surface area contributed by atoms with E-state index >= 15 is 0 Å². The fourth-order valence-electron chi connectivity index (χ4n) is 1.58. The van der Waals surface area contributed by atoms with E-state index in [1.54, 1.807) is 0 Å². The Hall–Kier alpha value is -1.09. The van der Waals surface area contributed by atoms with Crippen LogP contribution in [0.2, 0.25) is 0 Å². The smallest absolute Gasteiger partial charge is 0.180 e. The van der Waals surface area contributed by atoms with Crippen molar-refractivity contribution in [3.63, 3.8) is 0 Å². The normalized spacial score (nSPS) is 17.3. The monoisotopic (exact) mass is 206 g/mol. The highest BCUT2D eigenvalue weighted by molar-refractivity contribution is 7.13. The summed E-state index contributed by atoms with van der Waals surface area (Å²) in [4.78, 5) is 4.18. The summed E-state index contributed by atoms with van der Waals surface area (Å²) in [6, 6.07) is 0. The first-order valence-corrected chi connectivity index (χ1v) is 5.81. The standard InChI is InChI=1S/C11H14N2S/c12-11-13-10(8-14-11)7-6-9-4-2-1-3-5-9/h4,6-8H,1-3,5H2,(H2,12,13). The van der Waals surface area contributed by atoms with Gasteiger partial charge in [-0.2, -0.15) is 0 Å². The van der Waals surface area contributed by atoms with Crippen LogP contribution in [0.4, 0.5) is 5.13 Å². The van der Waals surface area contributed by atoms with Crippen LogP contribution in [0.15, 0.2) is 23.1 Å². The number of anilines is 1. The van der Waals surface area contributed by atoms with Crippen molar-refractivity contribution in [1.82, 2.24) is 4.98 Å². The molecule has 0 spiro atoms. The molecule has 14 heavy (non-hydrogen) atoms. The van der Waals surface area contributed by atoms with Gasteiger partial charge in [0.2, 0.25) is 0 Å². The minimum Gasteiger partial charge on any atom is -0.375 e. The summed E-state index contributed by atoms with van der Waals surface area (Å²) in [7, 11) is 0. The first kappa shape index (κ1) is 9.46. The molecular weight excluding hydrogens is 192 g/mol. The Morgan fingerprint density at radius 2 is 2.29 bits per heavy atom. The second kappa shape index (κ2) is 4.42. The van der Waals surface area contributed by atoms with Crippen LogP contribution < -0.4 is 5.73 Å².